The average molecular weight is 294 g/mol. The van der Waals surface area contributed by atoms with E-state index in [1.807, 2.05) is 41.8 Å². The Bertz CT molecular complexity index is 849. The highest BCUT2D eigenvalue weighted by molar-refractivity contribution is 5.55. The number of aromatic nitrogens is 2. The first-order valence-electron chi connectivity index (χ1n) is 7.24. The third kappa shape index (κ3) is 2.57. The molecule has 0 spiro atoms. The minimum absolute atomic E-state index is 0.120. The molecule has 5 nitrogen and oxygen atoms in total. The summed E-state index contributed by atoms with van der Waals surface area (Å²) in [6, 6.07) is 11.1. The summed E-state index contributed by atoms with van der Waals surface area (Å²) in [5.74, 6) is 1.06. The summed E-state index contributed by atoms with van der Waals surface area (Å²) in [5, 5.41) is 18.4. The highest BCUT2D eigenvalue weighted by Crippen LogP contribution is 2.32. The monoisotopic (exact) mass is 294 g/mol. The third-order valence-corrected chi connectivity index (χ3v) is 3.46. The van der Waals surface area contributed by atoms with Crippen molar-refractivity contribution in [3.05, 3.63) is 53.9 Å². The molecule has 0 unspecified atom stereocenters. The average Bonchev–Trinajstić information content (AvgIpc) is 2.87. The van der Waals surface area contributed by atoms with E-state index >= 15 is 0 Å². The maximum absolute atomic E-state index is 9.88. The van der Waals surface area contributed by atoms with Gasteiger partial charge >= 0.3 is 0 Å². The Kier molecular flexibility index (Phi) is 3.63. The van der Waals surface area contributed by atoms with Crippen molar-refractivity contribution < 1.29 is 5.11 Å². The van der Waals surface area contributed by atoms with Crippen LogP contribution in [0.1, 0.15) is 31.0 Å². The standard InChI is InChI=1S/C17H18N4O/c1-11(2)16-17(21-9-5-4-6-15(21)18-16)20-19-13-10-12(3)7-8-14(13)22/h4-11,22H,1-3H3. The lowest BCUT2D eigenvalue weighted by molar-refractivity contribution is 0.476. The van der Waals surface area contributed by atoms with Gasteiger partial charge in [-0.15, -0.1) is 10.2 Å². The molecule has 2 heterocycles. The molecule has 0 aliphatic heterocycles. The van der Waals surface area contributed by atoms with Crippen molar-refractivity contribution in [1.82, 2.24) is 9.38 Å². The van der Waals surface area contributed by atoms with Gasteiger partial charge in [0.2, 0.25) is 0 Å². The van der Waals surface area contributed by atoms with Crippen molar-refractivity contribution in [3.8, 4) is 5.75 Å². The van der Waals surface area contributed by atoms with Gasteiger partial charge in [-0.3, -0.25) is 4.40 Å². The van der Waals surface area contributed by atoms with Gasteiger partial charge in [0, 0.05) is 6.20 Å². The Morgan fingerprint density at radius 1 is 1.14 bits per heavy atom. The number of nitrogens with zero attached hydrogens (tertiary/aromatic N) is 4. The van der Waals surface area contributed by atoms with Gasteiger partial charge in [0.15, 0.2) is 5.82 Å². The summed E-state index contributed by atoms with van der Waals surface area (Å²) < 4.78 is 1.91. The second-order valence-corrected chi connectivity index (χ2v) is 5.60. The van der Waals surface area contributed by atoms with E-state index in [0.717, 1.165) is 16.9 Å². The van der Waals surface area contributed by atoms with Crippen LogP contribution in [0.3, 0.4) is 0 Å². The van der Waals surface area contributed by atoms with Gasteiger partial charge in [0.05, 0.1) is 5.69 Å². The Labute approximate surface area is 129 Å². The van der Waals surface area contributed by atoms with Crippen molar-refractivity contribution in [3.63, 3.8) is 0 Å². The Balaban J connectivity index is 2.11. The quantitative estimate of drug-likeness (QED) is 0.699. The van der Waals surface area contributed by atoms with E-state index in [4.69, 9.17) is 0 Å². The SMILES string of the molecule is Cc1ccc(O)c(N=Nc2c(C(C)C)nc3ccccn23)c1. The Morgan fingerprint density at radius 3 is 2.73 bits per heavy atom. The fourth-order valence-corrected chi connectivity index (χ4v) is 2.30. The molecule has 0 fully saturated rings. The fourth-order valence-electron chi connectivity index (χ4n) is 2.30. The molecule has 1 aromatic carbocycles. The molecular weight excluding hydrogens is 276 g/mol. The zero-order valence-corrected chi connectivity index (χ0v) is 12.9. The fraction of sp³-hybridized carbons (Fsp3) is 0.235. The Morgan fingerprint density at radius 2 is 1.95 bits per heavy atom. The van der Waals surface area contributed by atoms with Crippen LogP contribution in [0.25, 0.3) is 5.65 Å². The van der Waals surface area contributed by atoms with Crippen LogP contribution in [-0.2, 0) is 0 Å². The first kappa shape index (κ1) is 14.3. The molecule has 3 rings (SSSR count). The zero-order chi connectivity index (χ0) is 15.7. The topological polar surface area (TPSA) is 62.2 Å². The molecule has 0 radical (unpaired) electrons. The number of aryl methyl sites for hydroxylation is 1. The van der Waals surface area contributed by atoms with Crippen molar-refractivity contribution in [1.29, 1.82) is 0 Å². The van der Waals surface area contributed by atoms with Gasteiger partial charge in [-0.25, -0.2) is 4.98 Å². The van der Waals surface area contributed by atoms with E-state index < -0.39 is 0 Å². The van der Waals surface area contributed by atoms with E-state index in [1.165, 1.54) is 0 Å². The maximum atomic E-state index is 9.88. The summed E-state index contributed by atoms with van der Waals surface area (Å²) in [5.41, 5.74) is 3.21. The van der Waals surface area contributed by atoms with Gasteiger partial charge in [-0.05, 0) is 42.7 Å². The first-order chi connectivity index (χ1) is 10.6. The van der Waals surface area contributed by atoms with E-state index in [-0.39, 0.29) is 11.7 Å². The van der Waals surface area contributed by atoms with Crippen LogP contribution >= 0.6 is 0 Å². The molecule has 0 saturated carbocycles. The number of phenols is 1. The molecule has 0 saturated heterocycles. The summed E-state index contributed by atoms with van der Waals surface area (Å²) in [6.45, 7) is 6.10. The second-order valence-electron chi connectivity index (χ2n) is 5.60. The molecule has 0 amide bonds. The molecule has 0 atom stereocenters. The molecule has 112 valence electrons. The number of imidazole rings is 1. The third-order valence-electron chi connectivity index (χ3n) is 3.46. The number of phenolic OH excluding ortho intramolecular Hbond substituents is 1. The smallest absolute Gasteiger partial charge is 0.183 e. The van der Waals surface area contributed by atoms with Crippen molar-refractivity contribution in [2.75, 3.05) is 0 Å². The highest BCUT2D eigenvalue weighted by atomic mass is 16.3. The molecule has 1 N–H and O–H groups in total. The van der Waals surface area contributed by atoms with Crippen LogP contribution < -0.4 is 0 Å². The predicted molar refractivity (Wildman–Crippen MR) is 86.3 cm³/mol. The highest BCUT2D eigenvalue weighted by Gasteiger charge is 2.14. The lowest BCUT2D eigenvalue weighted by Crippen LogP contribution is -1.87. The van der Waals surface area contributed by atoms with Gasteiger partial charge in [-0.1, -0.05) is 26.0 Å². The summed E-state index contributed by atoms with van der Waals surface area (Å²) in [4.78, 5) is 4.61. The number of rotatable bonds is 3. The lowest BCUT2D eigenvalue weighted by atomic mass is 10.1. The normalized spacial score (nSPS) is 11.8. The number of hydrogen-bond donors (Lipinski definition) is 1. The van der Waals surface area contributed by atoms with Gasteiger partial charge in [0.1, 0.15) is 17.1 Å². The van der Waals surface area contributed by atoms with Crippen molar-refractivity contribution in [2.45, 2.75) is 26.7 Å². The van der Waals surface area contributed by atoms with Crippen LogP contribution in [0.2, 0.25) is 0 Å². The molecular formula is C17H18N4O. The minimum atomic E-state index is 0.120. The van der Waals surface area contributed by atoms with E-state index in [0.29, 0.717) is 11.5 Å². The molecule has 2 aromatic heterocycles. The molecule has 0 bridgehead atoms. The Hall–Kier alpha value is -2.69. The van der Waals surface area contributed by atoms with Gasteiger partial charge in [0.25, 0.3) is 0 Å². The summed E-state index contributed by atoms with van der Waals surface area (Å²) in [7, 11) is 0. The number of fused-ring (bicyclic) bond motifs is 1. The molecule has 0 aliphatic rings. The predicted octanol–water partition coefficient (Wildman–Crippen LogP) is 4.89. The van der Waals surface area contributed by atoms with Gasteiger partial charge in [-0.2, -0.15) is 0 Å². The van der Waals surface area contributed by atoms with Gasteiger partial charge < -0.3 is 5.11 Å². The number of hydrogen-bond acceptors (Lipinski definition) is 4. The summed E-state index contributed by atoms with van der Waals surface area (Å²) >= 11 is 0. The van der Waals surface area contributed by atoms with E-state index in [2.05, 4.69) is 29.1 Å². The van der Waals surface area contributed by atoms with Crippen LogP contribution in [0.4, 0.5) is 11.5 Å². The van der Waals surface area contributed by atoms with E-state index in [1.54, 1.807) is 12.1 Å². The van der Waals surface area contributed by atoms with Crippen molar-refractivity contribution in [2.24, 2.45) is 10.2 Å². The van der Waals surface area contributed by atoms with Crippen LogP contribution in [0.5, 0.6) is 5.75 Å². The number of azo groups is 1. The molecule has 5 heteroatoms. The number of benzene rings is 1. The second kappa shape index (κ2) is 5.60. The van der Waals surface area contributed by atoms with Crippen LogP contribution in [0.15, 0.2) is 52.8 Å². The maximum Gasteiger partial charge on any atom is 0.183 e. The number of aromatic hydroxyl groups is 1. The summed E-state index contributed by atoms with van der Waals surface area (Å²) in [6.07, 6.45) is 1.92. The molecule has 0 aliphatic carbocycles. The van der Waals surface area contributed by atoms with Crippen molar-refractivity contribution >= 4 is 17.2 Å². The van der Waals surface area contributed by atoms with Crippen LogP contribution in [-0.4, -0.2) is 14.5 Å². The minimum Gasteiger partial charge on any atom is -0.506 e. The number of pyridine rings is 1. The zero-order valence-electron chi connectivity index (χ0n) is 12.9. The molecule has 3 aromatic rings. The van der Waals surface area contributed by atoms with Crippen LogP contribution in [0, 0.1) is 6.92 Å². The first-order valence-corrected chi connectivity index (χ1v) is 7.24. The lowest BCUT2D eigenvalue weighted by Gasteiger charge is -2.02. The van der Waals surface area contributed by atoms with E-state index in [9.17, 15) is 5.11 Å². The molecule has 22 heavy (non-hydrogen) atoms. The largest absolute Gasteiger partial charge is 0.506 e.